The fourth-order valence-corrected chi connectivity index (χ4v) is 5.10. The summed E-state index contributed by atoms with van der Waals surface area (Å²) in [4.78, 5) is 17.2. The van der Waals surface area contributed by atoms with E-state index in [1.807, 2.05) is 11.8 Å². The van der Waals surface area contributed by atoms with Gasteiger partial charge in [-0.05, 0) is 49.4 Å². The number of nitrogens with two attached hydrogens (primary N) is 1. The van der Waals surface area contributed by atoms with Gasteiger partial charge < -0.3 is 29.9 Å². The van der Waals surface area contributed by atoms with Gasteiger partial charge in [0, 0.05) is 44.6 Å². The number of halogens is 2. The third-order valence-corrected chi connectivity index (χ3v) is 7.21. The number of hydrogen-bond donors (Lipinski definition) is 2. The van der Waals surface area contributed by atoms with Gasteiger partial charge in [-0.25, -0.2) is 18.7 Å². The molecule has 1 aromatic carbocycles. The van der Waals surface area contributed by atoms with Crippen molar-refractivity contribution in [2.24, 2.45) is 11.7 Å². The maximum absolute atomic E-state index is 14.3. The van der Waals surface area contributed by atoms with E-state index in [0.29, 0.717) is 49.0 Å². The maximum atomic E-state index is 14.3. The van der Waals surface area contributed by atoms with Gasteiger partial charge in [0.2, 0.25) is 5.95 Å². The Bertz CT molecular complexity index is 1190. The van der Waals surface area contributed by atoms with E-state index in [1.54, 1.807) is 12.4 Å². The average Bonchev–Trinajstić information content (AvgIpc) is 3.53. The zero-order valence-electron chi connectivity index (χ0n) is 20.6. The van der Waals surface area contributed by atoms with Gasteiger partial charge in [0.15, 0.2) is 11.6 Å². The summed E-state index contributed by atoms with van der Waals surface area (Å²) in [5, 5.41) is 12.9. The Hall–Kier alpha value is -3.38. The molecule has 0 amide bonds. The lowest BCUT2D eigenvalue weighted by Crippen LogP contribution is -2.38. The van der Waals surface area contributed by atoms with Crippen LogP contribution in [0.2, 0.25) is 0 Å². The van der Waals surface area contributed by atoms with E-state index in [4.69, 9.17) is 20.1 Å². The molecule has 2 aliphatic heterocycles. The second-order valence-electron chi connectivity index (χ2n) is 9.67. The summed E-state index contributed by atoms with van der Waals surface area (Å²) in [5.74, 6) is 0.595. The molecule has 12 heteroatoms. The predicted molar refractivity (Wildman–Crippen MR) is 131 cm³/mol. The first-order chi connectivity index (χ1) is 17.9. The van der Waals surface area contributed by atoms with Gasteiger partial charge in [-0.1, -0.05) is 5.16 Å². The summed E-state index contributed by atoms with van der Waals surface area (Å²) in [5.41, 5.74) is 6.54. The van der Waals surface area contributed by atoms with Gasteiger partial charge in [-0.15, -0.1) is 0 Å². The number of aliphatic hydroxyl groups excluding tert-OH is 1. The standard InChI is InChI=1S/C25H31F2N7O3/c1-15(16-4-7-33(8-5-16)25-31-23(6-9-35)32-37-25)36-18-11-29-24(30-12-18)34-13-20(22(28)14-34)19-10-17(26)2-3-21(19)27/h2-3,10-12,15-16,20,22,35H,4-9,13-14,28H2,1H3. The molecule has 0 bridgehead atoms. The minimum Gasteiger partial charge on any atom is -0.487 e. The van der Waals surface area contributed by atoms with Crippen molar-refractivity contribution < 1.29 is 23.1 Å². The summed E-state index contributed by atoms with van der Waals surface area (Å²) >= 11 is 0. The Kier molecular flexibility index (Phi) is 7.47. The molecule has 2 aromatic heterocycles. The molecule has 0 saturated carbocycles. The van der Waals surface area contributed by atoms with Crippen molar-refractivity contribution in [3.05, 3.63) is 53.6 Å². The zero-order valence-corrected chi connectivity index (χ0v) is 20.6. The molecule has 0 spiro atoms. The van der Waals surface area contributed by atoms with Crippen LogP contribution in [0.5, 0.6) is 5.75 Å². The fourth-order valence-electron chi connectivity index (χ4n) is 5.10. The first-order valence-corrected chi connectivity index (χ1v) is 12.5. The number of aromatic nitrogens is 4. The maximum Gasteiger partial charge on any atom is 0.324 e. The molecule has 2 fully saturated rings. The highest BCUT2D eigenvalue weighted by molar-refractivity contribution is 5.39. The monoisotopic (exact) mass is 515 g/mol. The number of piperidine rings is 1. The number of benzene rings is 1. The molecular weight excluding hydrogens is 484 g/mol. The molecule has 0 radical (unpaired) electrons. The van der Waals surface area contributed by atoms with Crippen molar-refractivity contribution in [1.29, 1.82) is 0 Å². The van der Waals surface area contributed by atoms with Crippen molar-refractivity contribution >= 4 is 12.0 Å². The third-order valence-electron chi connectivity index (χ3n) is 7.21. The van der Waals surface area contributed by atoms with Crippen LogP contribution in [0.3, 0.4) is 0 Å². The van der Waals surface area contributed by atoms with Gasteiger partial charge in [0.1, 0.15) is 11.6 Å². The molecule has 4 heterocycles. The highest BCUT2D eigenvalue weighted by Gasteiger charge is 2.34. The molecular formula is C25H31F2N7O3. The number of hydrogen-bond acceptors (Lipinski definition) is 10. The van der Waals surface area contributed by atoms with Crippen molar-refractivity contribution in [3.8, 4) is 5.75 Å². The zero-order chi connectivity index (χ0) is 25.9. The van der Waals surface area contributed by atoms with Gasteiger partial charge in [-0.2, -0.15) is 4.98 Å². The third kappa shape index (κ3) is 5.64. The first-order valence-electron chi connectivity index (χ1n) is 12.5. The lowest BCUT2D eigenvalue weighted by molar-refractivity contribution is 0.131. The molecule has 198 valence electrons. The van der Waals surface area contributed by atoms with Crippen LogP contribution in [0.4, 0.5) is 20.7 Å². The Morgan fingerprint density at radius 2 is 1.92 bits per heavy atom. The molecule has 10 nitrogen and oxygen atoms in total. The van der Waals surface area contributed by atoms with Crippen LogP contribution in [0, 0.1) is 17.6 Å². The SMILES string of the molecule is CC(Oc1cnc(N2CC(N)C(c3cc(F)ccc3F)C2)nc1)C1CCN(c2nc(CCO)no2)CC1. The van der Waals surface area contributed by atoms with E-state index in [0.717, 1.165) is 38.1 Å². The van der Waals surface area contributed by atoms with E-state index in [1.165, 1.54) is 6.07 Å². The highest BCUT2D eigenvalue weighted by Crippen LogP contribution is 2.31. The minimum atomic E-state index is -0.485. The van der Waals surface area contributed by atoms with Crippen LogP contribution in [-0.2, 0) is 6.42 Å². The van der Waals surface area contributed by atoms with Gasteiger partial charge in [0.25, 0.3) is 0 Å². The molecule has 37 heavy (non-hydrogen) atoms. The Morgan fingerprint density at radius 3 is 2.65 bits per heavy atom. The molecule has 0 aliphatic carbocycles. The number of rotatable bonds is 8. The Balaban J connectivity index is 1.14. The summed E-state index contributed by atoms with van der Waals surface area (Å²) in [6, 6.07) is 3.57. The topological polar surface area (TPSA) is 127 Å². The van der Waals surface area contributed by atoms with Crippen LogP contribution in [0.15, 0.2) is 35.1 Å². The molecule has 3 N–H and O–H groups in total. The predicted octanol–water partition coefficient (Wildman–Crippen LogP) is 2.29. The van der Waals surface area contributed by atoms with Crippen LogP contribution in [-0.4, -0.2) is 70.1 Å². The smallest absolute Gasteiger partial charge is 0.324 e. The quantitative estimate of drug-likeness (QED) is 0.461. The lowest BCUT2D eigenvalue weighted by atomic mass is 9.92. The Morgan fingerprint density at radius 1 is 1.16 bits per heavy atom. The molecule has 2 aliphatic rings. The van der Waals surface area contributed by atoms with Gasteiger partial charge >= 0.3 is 6.01 Å². The van der Waals surface area contributed by atoms with E-state index in [-0.39, 0.29) is 30.2 Å². The molecule has 5 rings (SSSR count). The highest BCUT2D eigenvalue weighted by atomic mass is 19.1. The van der Waals surface area contributed by atoms with Gasteiger partial charge in [-0.3, -0.25) is 0 Å². The fraction of sp³-hybridized carbons (Fsp3) is 0.520. The van der Waals surface area contributed by atoms with E-state index >= 15 is 0 Å². The van der Waals surface area contributed by atoms with E-state index in [9.17, 15) is 8.78 Å². The van der Waals surface area contributed by atoms with Crippen LogP contribution in [0.1, 0.15) is 37.1 Å². The van der Waals surface area contributed by atoms with Crippen LogP contribution < -0.4 is 20.3 Å². The minimum absolute atomic E-state index is 0.0123. The first kappa shape index (κ1) is 25.3. The lowest BCUT2D eigenvalue weighted by Gasteiger charge is -2.33. The normalized spacial score (nSPS) is 21.4. The van der Waals surface area contributed by atoms with Crippen LogP contribution in [0.25, 0.3) is 0 Å². The summed E-state index contributed by atoms with van der Waals surface area (Å²) in [7, 11) is 0. The number of ether oxygens (including phenoxy) is 1. The summed E-state index contributed by atoms with van der Waals surface area (Å²) < 4.78 is 39.4. The van der Waals surface area contributed by atoms with Crippen molar-refractivity contribution in [1.82, 2.24) is 20.1 Å². The molecule has 3 unspecified atom stereocenters. The second kappa shape index (κ2) is 10.9. The number of aliphatic hydroxyl groups is 1. The largest absolute Gasteiger partial charge is 0.487 e. The Labute approximate surface area is 213 Å². The van der Waals surface area contributed by atoms with E-state index < -0.39 is 11.6 Å². The van der Waals surface area contributed by atoms with Crippen molar-refractivity contribution in [3.63, 3.8) is 0 Å². The van der Waals surface area contributed by atoms with Crippen molar-refractivity contribution in [2.75, 3.05) is 42.6 Å². The average molecular weight is 516 g/mol. The van der Waals surface area contributed by atoms with Gasteiger partial charge in [0.05, 0.1) is 25.1 Å². The number of anilines is 2. The molecule has 3 aromatic rings. The molecule has 3 atom stereocenters. The number of nitrogens with zero attached hydrogens (tertiary/aromatic N) is 6. The van der Waals surface area contributed by atoms with Crippen LogP contribution >= 0.6 is 0 Å². The summed E-state index contributed by atoms with van der Waals surface area (Å²) in [6.45, 7) is 4.42. The summed E-state index contributed by atoms with van der Waals surface area (Å²) in [6.07, 6.45) is 5.42. The second-order valence-corrected chi connectivity index (χ2v) is 9.67. The molecule has 2 saturated heterocycles. The van der Waals surface area contributed by atoms with Crippen molar-refractivity contribution in [2.45, 2.75) is 44.2 Å². The van der Waals surface area contributed by atoms with E-state index in [2.05, 4.69) is 25.0 Å².